The molecule has 8 heteroatoms. The number of benzene rings is 1. The molecule has 0 fully saturated rings. The fourth-order valence-electron chi connectivity index (χ4n) is 3.67. The topological polar surface area (TPSA) is 81.8 Å². The number of hydrogen-bond donors (Lipinski definition) is 1. The summed E-state index contributed by atoms with van der Waals surface area (Å²) in [5.74, 6) is -0.236. The van der Waals surface area contributed by atoms with Gasteiger partial charge in [-0.15, -0.1) is 11.3 Å². The van der Waals surface area contributed by atoms with Crippen molar-refractivity contribution in [3.05, 3.63) is 74.0 Å². The third-order valence-electron chi connectivity index (χ3n) is 5.42. The summed E-state index contributed by atoms with van der Waals surface area (Å²) < 4.78 is 3.00. The van der Waals surface area contributed by atoms with E-state index in [0.29, 0.717) is 17.8 Å². The fraction of sp³-hybridized carbons (Fsp3) is 0.304. The van der Waals surface area contributed by atoms with E-state index in [-0.39, 0.29) is 11.5 Å². The minimum atomic E-state index is -0.733. The first-order chi connectivity index (χ1) is 14.9. The molecule has 0 unspecified atom stereocenters. The van der Waals surface area contributed by atoms with Crippen LogP contribution in [0.2, 0.25) is 0 Å². The molecule has 0 bridgehead atoms. The van der Waals surface area contributed by atoms with Gasteiger partial charge in [0.1, 0.15) is 6.04 Å². The molecule has 3 aromatic heterocycles. The third-order valence-corrected chi connectivity index (χ3v) is 6.36. The zero-order valence-corrected chi connectivity index (χ0v) is 18.9. The molecular formula is C23H25N5O2S. The molecule has 0 aliphatic carbocycles. The highest BCUT2D eigenvalue weighted by Crippen LogP contribution is 2.22. The average molecular weight is 436 g/mol. The Bertz CT molecular complexity index is 1290. The second kappa shape index (κ2) is 8.47. The summed E-state index contributed by atoms with van der Waals surface area (Å²) >= 11 is 1.66. The molecule has 0 spiro atoms. The molecule has 0 saturated carbocycles. The van der Waals surface area contributed by atoms with Crippen LogP contribution in [0.1, 0.15) is 34.8 Å². The van der Waals surface area contributed by atoms with Gasteiger partial charge in [0.25, 0.3) is 5.56 Å². The lowest BCUT2D eigenvalue weighted by atomic mass is 10.2. The summed E-state index contributed by atoms with van der Waals surface area (Å²) in [5.41, 5.74) is 3.50. The summed E-state index contributed by atoms with van der Waals surface area (Å²) in [7, 11) is 0. The minimum Gasteiger partial charge on any atom is -0.354 e. The van der Waals surface area contributed by atoms with E-state index in [1.165, 1.54) is 9.56 Å². The van der Waals surface area contributed by atoms with Gasteiger partial charge in [0.2, 0.25) is 5.91 Å². The molecule has 1 atom stereocenters. The molecule has 4 rings (SSSR count). The van der Waals surface area contributed by atoms with Crippen molar-refractivity contribution in [3.63, 3.8) is 0 Å². The van der Waals surface area contributed by atoms with Crippen molar-refractivity contribution in [1.29, 1.82) is 0 Å². The van der Waals surface area contributed by atoms with Crippen LogP contribution in [0.25, 0.3) is 16.6 Å². The number of amides is 1. The largest absolute Gasteiger partial charge is 0.354 e. The Kier molecular flexibility index (Phi) is 5.73. The zero-order chi connectivity index (χ0) is 22.1. The van der Waals surface area contributed by atoms with Gasteiger partial charge >= 0.3 is 0 Å². The van der Waals surface area contributed by atoms with E-state index in [0.717, 1.165) is 28.8 Å². The molecular weight excluding hydrogens is 410 g/mol. The van der Waals surface area contributed by atoms with E-state index in [4.69, 9.17) is 0 Å². The van der Waals surface area contributed by atoms with Gasteiger partial charge in [-0.2, -0.15) is 10.2 Å². The number of hydrogen-bond acceptors (Lipinski definition) is 5. The van der Waals surface area contributed by atoms with Crippen LogP contribution in [0.4, 0.5) is 0 Å². The van der Waals surface area contributed by atoms with Crippen molar-refractivity contribution >= 4 is 28.1 Å². The SMILES string of the molecule is Cc1ccc(-n2nc3c(=O)n([C@H](C)C(=O)NCCc4cccs4)nc(C)c3c2C)cc1. The lowest BCUT2D eigenvalue weighted by Gasteiger charge is -2.14. The molecule has 7 nitrogen and oxygen atoms in total. The first kappa shape index (κ1) is 21.0. The van der Waals surface area contributed by atoms with Gasteiger partial charge in [-0.05, 0) is 57.7 Å². The van der Waals surface area contributed by atoms with Gasteiger partial charge in [-0.3, -0.25) is 9.59 Å². The van der Waals surface area contributed by atoms with Crippen molar-refractivity contribution in [2.45, 2.75) is 40.2 Å². The number of fused-ring (bicyclic) bond motifs is 1. The highest BCUT2D eigenvalue weighted by Gasteiger charge is 2.23. The summed E-state index contributed by atoms with van der Waals surface area (Å²) in [6, 6.07) is 11.3. The van der Waals surface area contributed by atoms with E-state index in [1.807, 2.05) is 62.5 Å². The number of nitrogens with zero attached hydrogens (tertiary/aromatic N) is 4. The maximum atomic E-state index is 13.2. The molecule has 0 radical (unpaired) electrons. The summed E-state index contributed by atoms with van der Waals surface area (Å²) in [6.45, 7) is 7.99. The van der Waals surface area contributed by atoms with Crippen LogP contribution in [-0.4, -0.2) is 32.0 Å². The Labute approximate surface area is 184 Å². The van der Waals surface area contributed by atoms with Crippen LogP contribution in [0.5, 0.6) is 0 Å². The van der Waals surface area contributed by atoms with Gasteiger partial charge in [0.05, 0.1) is 22.5 Å². The van der Waals surface area contributed by atoms with E-state index in [2.05, 4.69) is 15.5 Å². The molecule has 0 aliphatic heterocycles. The third kappa shape index (κ3) is 4.03. The molecule has 0 saturated heterocycles. The van der Waals surface area contributed by atoms with Gasteiger partial charge in [-0.1, -0.05) is 23.8 Å². The van der Waals surface area contributed by atoms with Crippen LogP contribution >= 0.6 is 11.3 Å². The van der Waals surface area contributed by atoms with Crippen molar-refractivity contribution in [2.75, 3.05) is 6.54 Å². The highest BCUT2D eigenvalue weighted by molar-refractivity contribution is 7.09. The number of aryl methyl sites for hydroxylation is 3. The van der Waals surface area contributed by atoms with Gasteiger partial charge in [-0.25, -0.2) is 9.36 Å². The molecule has 1 aromatic carbocycles. The number of nitrogens with one attached hydrogen (secondary N) is 1. The Hall–Kier alpha value is -3.26. The van der Waals surface area contributed by atoms with Crippen LogP contribution in [0, 0.1) is 20.8 Å². The second-order valence-corrected chi connectivity index (χ2v) is 8.72. The van der Waals surface area contributed by atoms with E-state index in [1.54, 1.807) is 22.9 Å². The highest BCUT2D eigenvalue weighted by atomic mass is 32.1. The lowest BCUT2D eigenvalue weighted by molar-refractivity contribution is -0.124. The van der Waals surface area contributed by atoms with Crippen LogP contribution < -0.4 is 10.9 Å². The van der Waals surface area contributed by atoms with Gasteiger partial charge < -0.3 is 5.32 Å². The average Bonchev–Trinajstić information content (AvgIpc) is 3.39. The van der Waals surface area contributed by atoms with E-state index < -0.39 is 6.04 Å². The maximum Gasteiger partial charge on any atom is 0.295 e. The molecule has 1 amide bonds. The van der Waals surface area contributed by atoms with E-state index in [9.17, 15) is 9.59 Å². The van der Waals surface area contributed by atoms with E-state index >= 15 is 0 Å². The molecule has 4 aromatic rings. The lowest BCUT2D eigenvalue weighted by Crippen LogP contribution is -2.38. The number of aromatic nitrogens is 4. The fourth-order valence-corrected chi connectivity index (χ4v) is 4.38. The number of rotatable bonds is 6. The number of thiophene rings is 1. The summed E-state index contributed by atoms with van der Waals surface area (Å²) in [5, 5.41) is 14.7. The minimum absolute atomic E-state index is 0.236. The Morgan fingerprint density at radius 1 is 1.13 bits per heavy atom. The smallest absolute Gasteiger partial charge is 0.295 e. The molecule has 1 N–H and O–H groups in total. The Balaban J connectivity index is 1.64. The summed E-state index contributed by atoms with van der Waals surface area (Å²) in [6.07, 6.45) is 0.761. The molecule has 160 valence electrons. The van der Waals surface area contributed by atoms with Gasteiger partial charge in [0, 0.05) is 11.4 Å². The predicted molar refractivity (Wildman–Crippen MR) is 123 cm³/mol. The molecule has 0 aliphatic rings. The summed E-state index contributed by atoms with van der Waals surface area (Å²) in [4.78, 5) is 27.1. The first-order valence-corrected chi connectivity index (χ1v) is 11.1. The number of carbonyl (C=O) groups excluding carboxylic acids is 1. The Morgan fingerprint density at radius 3 is 2.55 bits per heavy atom. The quantitative estimate of drug-likeness (QED) is 0.503. The normalized spacial score (nSPS) is 12.3. The van der Waals surface area contributed by atoms with Gasteiger partial charge in [0.15, 0.2) is 5.52 Å². The molecule has 31 heavy (non-hydrogen) atoms. The first-order valence-electron chi connectivity index (χ1n) is 10.2. The van der Waals surface area contributed by atoms with Crippen LogP contribution in [0.15, 0.2) is 46.6 Å². The van der Waals surface area contributed by atoms with Crippen LogP contribution in [-0.2, 0) is 11.2 Å². The molecule has 3 heterocycles. The standard InChI is InChI=1S/C23H25N5O2S/c1-14-7-9-18(10-8-14)27-16(3)20-15(2)25-28(23(30)21(20)26-27)17(4)22(29)24-12-11-19-6-5-13-31-19/h5-10,13,17H,11-12H2,1-4H3,(H,24,29)/t17-/m1/s1. The van der Waals surface area contributed by atoms with Crippen molar-refractivity contribution in [1.82, 2.24) is 24.9 Å². The van der Waals surface area contributed by atoms with Crippen molar-refractivity contribution < 1.29 is 4.79 Å². The second-order valence-electron chi connectivity index (χ2n) is 7.69. The van der Waals surface area contributed by atoms with Crippen molar-refractivity contribution in [3.8, 4) is 5.69 Å². The number of carbonyl (C=O) groups is 1. The zero-order valence-electron chi connectivity index (χ0n) is 18.0. The maximum absolute atomic E-state index is 13.2. The monoisotopic (exact) mass is 435 g/mol. The van der Waals surface area contributed by atoms with Crippen molar-refractivity contribution in [2.24, 2.45) is 0 Å². The predicted octanol–water partition coefficient (Wildman–Crippen LogP) is 3.49. The van der Waals surface area contributed by atoms with Crippen LogP contribution in [0.3, 0.4) is 0 Å². The Morgan fingerprint density at radius 2 is 1.87 bits per heavy atom.